The Kier molecular flexibility index (Phi) is 5.88. The van der Waals surface area contributed by atoms with Gasteiger partial charge in [-0.1, -0.05) is 6.92 Å². The summed E-state index contributed by atoms with van der Waals surface area (Å²) in [4.78, 5) is 21.5. The van der Waals surface area contributed by atoms with Gasteiger partial charge in [0.05, 0.1) is 6.54 Å². The molecule has 1 unspecified atom stereocenters. The van der Waals surface area contributed by atoms with Crippen LogP contribution < -0.4 is 5.32 Å². The number of ether oxygens (including phenoxy) is 1. The molecule has 6 heteroatoms. The Balaban J connectivity index is 3.75. The quantitative estimate of drug-likeness (QED) is 0.495. The summed E-state index contributed by atoms with van der Waals surface area (Å²) in [6, 6.07) is 0. The van der Waals surface area contributed by atoms with Crippen molar-refractivity contribution in [3.8, 4) is 0 Å². The highest BCUT2D eigenvalue weighted by molar-refractivity contribution is 5.80. The first kappa shape index (κ1) is 13.9. The van der Waals surface area contributed by atoms with E-state index >= 15 is 0 Å². The number of aliphatic carboxylic acids is 1. The first-order valence-corrected chi connectivity index (χ1v) is 4.70. The van der Waals surface area contributed by atoms with Crippen molar-refractivity contribution in [3.05, 3.63) is 0 Å². The summed E-state index contributed by atoms with van der Waals surface area (Å²) in [6.45, 7) is 3.04. The van der Waals surface area contributed by atoms with Crippen LogP contribution in [0.25, 0.3) is 0 Å². The normalized spacial score (nSPS) is 14.3. The lowest BCUT2D eigenvalue weighted by molar-refractivity contribution is -0.156. The zero-order chi connectivity index (χ0) is 11.9. The molecule has 0 saturated heterocycles. The lowest BCUT2D eigenvalue weighted by Gasteiger charge is -2.18. The van der Waals surface area contributed by atoms with Gasteiger partial charge >= 0.3 is 5.97 Å². The van der Waals surface area contributed by atoms with Crippen molar-refractivity contribution < 1.29 is 24.5 Å². The van der Waals surface area contributed by atoms with E-state index < -0.39 is 17.5 Å². The topological polar surface area (TPSA) is 95.9 Å². The van der Waals surface area contributed by atoms with Gasteiger partial charge in [0.2, 0.25) is 5.91 Å². The van der Waals surface area contributed by atoms with Gasteiger partial charge in [-0.15, -0.1) is 0 Å². The summed E-state index contributed by atoms with van der Waals surface area (Å²) in [5.41, 5.74) is -1.94. The third kappa shape index (κ3) is 6.03. The second-order valence-electron chi connectivity index (χ2n) is 3.41. The maximum atomic E-state index is 11.0. The van der Waals surface area contributed by atoms with Gasteiger partial charge in [0, 0.05) is 6.61 Å². The van der Waals surface area contributed by atoms with E-state index in [0.29, 0.717) is 6.61 Å². The monoisotopic (exact) mass is 219 g/mol. The summed E-state index contributed by atoms with van der Waals surface area (Å²) in [5.74, 6) is -1.82. The molecular formula is C9H17NO5. The van der Waals surface area contributed by atoms with Crippen LogP contribution in [-0.2, 0) is 14.3 Å². The van der Waals surface area contributed by atoms with Crippen LogP contribution in [0.3, 0.4) is 0 Å². The van der Waals surface area contributed by atoms with E-state index in [0.717, 1.165) is 13.3 Å². The summed E-state index contributed by atoms with van der Waals surface area (Å²) in [7, 11) is 0. The predicted molar refractivity (Wildman–Crippen MR) is 52.4 cm³/mol. The fourth-order valence-corrected chi connectivity index (χ4v) is 0.707. The molecule has 1 atom stereocenters. The molecule has 0 aliphatic heterocycles. The fraction of sp³-hybridized carbons (Fsp3) is 0.778. The summed E-state index contributed by atoms with van der Waals surface area (Å²) < 4.78 is 4.93. The van der Waals surface area contributed by atoms with E-state index in [4.69, 9.17) is 9.84 Å². The number of amides is 1. The highest BCUT2D eigenvalue weighted by Crippen LogP contribution is 2.00. The molecule has 0 heterocycles. The van der Waals surface area contributed by atoms with Gasteiger partial charge < -0.3 is 20.3 Å². The summed E-state index contributed by atoms with van der Waals surface area (Å²) in [5, 5.41) is 20.1. The number of aliphatic hydroxyl groups is 1. The number of carboxylic acid groups (broad SMARTS) is 1. The first-order valence-electron chi connectivity index (χ1n) is 4.70. The van der Waals surface area contributed by atoms with Gasteiger partial charge in [0.25, 0.3) is 0 Å². The summed E-state index contributed by atoms with van der Waals surface area (Å²) in [6.07, 6.45) is 0.806. The largest absolute Gasteiger partial charge is 0.479 e. The van der Waals surface area contributed by atoms with Crippen molar-refractivity contribution in [2.75, 3.05) is 19.8 Å². The lowest BCUT2D eigenvalue weighted by atomic mass is 10.1. The van der Waals surface area contributed by atoms with Gasteiger partial charge in [-0.25, -0.2) is 4.79 Å². The van der Waals surface area contributed by atoms with Crippen LogP contribution in [0.4, 0.5) is 0 Å². The molecule has 0 radical (unpaired) electrons. The van der Waals surface area contributed by atoms with Crippen LogP contribution in [0.2, 0.25) is 0 Å². The van der Waals surface area contributed by atoms with Crippen LogP contribution in [0.15, 0.2) is 0 Å². The molecular weight excluding hydrogens is 202 g/mol. The van der Waals surface area contributed by atoms with Gasteiger partial charge in [-0.2, -0.15) is 0 Å². The molecule has 0 spiro atoms. The van der Waals surface area contributed by atoms with Gasteiger partial charge in [0.15, 0.2) is 5.60 Å². The van der Waals surface area contributed by atoms with Crippen molar-refractivity contribution in [1.29, 1.82) is 0 Å². The number of carbonyl (C=O) groups is 2. The third-order valence-corrected chi connectivity index (χ3v) is 1.67. The maximum Gasteiger partial charge on any atom is 0.337 e. The van der Waals surface area contributed by atoms with Crippen molar-refractivity contribution in [1.82, 2.24) is 5.32 Å². The second kappa shape index (κ2) is 6.36. The molecule has 0 fully saturated rings. The molecule has 0 aromatic carbocycles. The number of hydrogen-bond acceptors (Lipinski definition) is 4. The molecule has 0 aliphatic carbocycles. The molecule has 88 valence electrons. The van der Waals surface area contributed by atoms with E-state index in [1.807, 2.05) is 6.92 Å². The van der Waals surface area contributed by atoms with Crippen LogP contribution in [0, 0.1) is 0 Å². The van der Waals surface area contributed by atoms with E-state index in [9.17, 15) is 14.7 Å². The number of hydrogen-bond donors (Lipinski definition) is 3. The van der Waals surface area contributed by atoms with Crippen molar-refractivity contribution >= 4 is 11.9 Å². The Morgan fingerprint density at radius 3 is 2.53 bits per heavy atom. The van der Waals surface area contributed by atoms with E-state index in [-0.39, 0.29) is 13.2 Å². The maximum absolute atomic E-state index is 11.0. The fourth-order valence-electron chi connectivity index (χ4n) is 0.707. The number of rotatable bonds is 7. The van der Waals surface area contributed by atoms with Gasteiger partial charge in [-0.05, 0) is 13.3 Å². The third-order valence-electron chi connectivity index (χ3n) is 1.67. The predicted octanol–water partition coefficient (Wildman–Crippen LogP) is -0.635. The number of carboxylic acids is 1. The molecule has 3 N–H and O–H groups in total. The Hall–Kier alpha value is -1.14. The number of carbonyl (C=O) groups excluding carboxylic acids is 1. The van der Waals surface area contributed by atoms with Crippen LogP contribution >= 0.6 is 0 Å². The highest BCUT2D eigenvalue weighted by Gasteiger charge is 2.30. The smallest absolute Gasteiger partial charge is 0.337 e. The molecule has 0 aromatic rings. The van der Waals surface area contributed by atoms with Crippen LogP contribution in [0.1, 0.15) is 20.3 Å². The standard InChI is InChI=1S/C9H17NO5/c1-3-4-15-5-7(11)10-6-9(2,14)8(12)13/h14H,3-6H2,1-2H3,(H,10,11)(H,12,13). The van der Waals surface area contributed by atoms with Crippen LogP contribution in [-0.4, -0.2) is 47.4 Å². The van der Waals surface area contributed by atoms with Gasteiger partial charge in [-0.3, -0.25) is 4.79 Å². The lowest BCUT2D eigenvalue weighted by Crippen LogP contribution is -2.47. The molecule has 15 heavy (non-hydrogen) atoms. The second-order valence-corrected chi connectivity index (χ2v) is 3.41. The Labute approximate surface area is 88.2 Å². The highest BCUT2D eigenvalue weighted by atomic mass is 16.5. The first-order chi connectivity index (χ1) is 6.90. The molecule has 0 aromatic heterocycles. The molecule has 0 rings (SSSR count). The minimum Gasteiger partial charge on any atom is -0.479 e. The minimum absolute atomic E-state index is 0.121. The van der Waals surface area contributed by atoms with E-state index in [1.54, 1.807) is 0 Å². The van der Waals surface area contributed by atoms with E-state index in [2.05, 4.69) is 5.32 Å². The molecule has 0 bridgehead atoms. The van der Waals surface area contributed by atoms with Crippen LogP contribution in [0.5, 0.6) is 0 Å². The Morgan fingerprint density at radius 1 is 1.47 bits per heavy atom. The van der Waals surface area contributed by atoms with E-state index in [1.165, 1.54) is 0 Å². The summed E-state index contributed by atoms with van der Waals surface area (Å²) >= 11 is 0. The average Bonchev–Trinajstić information content (AvgIpc) is 2.15. The Morgan fingerprint density at radius 2 is 2.07 bits per heavy atom. The SMILES string of the molecule is CCCOCC(=O)NCC(C)(O)C(=O)O. The minimum atomic E-state index is -1.94. The average molecular weight is 219 g/mol. The molecule has 6 nitrogen and oxygen atoms in total. The number of nitrogens with one attached hydrogen (secondary N) is 1. The zero-order valence-corrected chi connectivity index (χ0v) is 8.95. The molecule has 1 amide bonds. The van der Waals surface area contributed by atoms with Crippen molar-refractivity contribution in [3.63, 3.8) is 0 Å². The Bertz CT molecular complexity index is 227. The molecule has 0 saturated carbocycles. The molecule has 0 aliphatic rings. The van der Waals surface area contributed by atoms with Gasteiger partial charge in [0.1, 0.15) is 6.61 Å². The van der Waals surface area contributed by atoms with Crippen molar-refractivity contribution in [2.45, 2.75) is 25.9 Å². The van der Waals surface area contributed by atoms with Crippen molar-refractivity contribution in [2.24, 2.45) is 0 Å². The zero-order valence-electron chi connectivity index (χ0n) is 8.95.